The molecule has 0 saturated carbocycles. The van der Waals surface area contributed by atoms with E-state index in [4.69, 9.17) is 4.74 Å². The Balaban J connectivity index is 2.09. The number of carbonyl (C=O) groups excluding carboxylic acids is 1. The van der Waals surface area contributed by atoms with Crippen LogP contribution in [0.2, 0.25) is 0 Å². The SMILES string of the molecule is Cc1cnc2ccc3nc4c[nH+]c(C(=O)OC(C)C)c(C)c4c3c2[nH]1. The summed E-state index contributed by atoms with van der Waals surface area (Å²) in [5, 5.41) is 1.92. The van der Waals surface area contributed by atoms with E-state index in [1.165, 1.54) is 0 Å². The van der Waals surface area contributed by atoms with Gasteiger partial charge in [-0.2, -0.15) is 0 Å². The van der Waals surface area contributed by atoms with E-state index >= 15 is 0 Å². The van der Waals surface area contributed by atoms with Gasteiger partial charge in [-0.3, -0.25) is 4.98 Å². The van der Waals surface area contributed by atoms with Crippen molar-refractivity contribution >= 4 is 38.8 Å². The molecule has 0 radical (unpaired) electrons. The average molecular weight is 335 g/mol. The molecule has 4 aromatic rings. The number of esters is 1. The van der Waals surface area contributed by atoms with Crippen molar-refractivity contribution < 1.29 is 14.5 Å². The molecule has 6 heteroatoms. The van der Waals surface area contributed by atoms with Crippen LogP contribution >= 0.6 is 0 Å². The molecule has 0 fully saturated rings. The number of aryl methyl sites for hydroxylation is 2. The van der Waals surface area contributed by atoms with E-state index in [1.54, 1.807) is 12.4 Å². The summed E-state index contributed by atoms with van der Waals surface area (Å²) in [6.45, 7) is 7.55. The molecule has 4 rings (SSSR count). The number of carbonyl (C=O) groups is 1. The lowest BCUT2D eigenvalue weighted by Gasteiger charge is -2.07. The summed E-state index contributed by atoms with van der Waals surface area (Å²) in [5.74, 6) is -0.359. The van der Waals surface area contributed by atoms with E-state index < -0.39 is 0 Å². The standard InChI is InChI=1S/C19H18N4O2/c1-9(2)25-19(24)17-11(4)15-14(8-21-17)23-12-5-6-13-18(16(12)15)22-10(3)7-20-13/h5-9,22H,1-4H3/p+1. The van der Waals surface area contributed by atoms with Gasteiger partial charge in [0, 0.05) is 28.2 Å². The number of hydrogen-bond donors (Lipinski definition) is 1. The van der Waals surface area contributed by atoms with Crippen molar-refractivity contribution in [3.05, 3.63) is 41.5 Å². The topological polar surface area (TPSA) is 82.0 Å². The fraction of sp³-hybridized carbons (Fsp3) is 0.263. The fourth-order valence-electron chi connectivity index (χ4n) is 3.21. The fourth-order valence-corrected chi connectivity index (χ4v) is 3.21. The van der Waals surface area contributed by atoms with Gasteiger partial charge in [0.1, 0.15) is 5.52 Å². The molecule has 0 aliphatic heterocycles. The molecule has 1 aromatic carbocycles. The Kier molecular flexibility index (Phi) is 3.42. The van der Waals surface area contributed by atoms with Crippen LogP contribution in [-0.2, 0) is 4.74 Å². The lowest BCUT2D eigenvalue weighted by Crippen LogP contribution is -2.23. The van der Waals surface area contributed by atoms with Gasteiger partial charge in [-0.1, -0.05) is 0 Å². The van der Waals surface area contributed by atoms with Gasteiger partial charge in [0.05, 0.1) is 22.7 Å². The molecule has 126 valence electrons. The highest BCUT2D eigenvalue weighted by atomic mass is 16.5. The smallest absolute Gasteiger partial charge is 0.404 e. The Hall–Kier alpha value is -3.02. The molecule has 0 saturated heterocycles. The van der Waals surface area contributed by atoms with Gasteiger partial charge in [0.25, 0.3) is 5.69 Å². The molecular formula is C19H19N4O2+. The molecule has 3 aromatic heterocycles. The third kappa shape index (κ3) is 2.41. The number of fused-ring (bicyclic) bond motifs is 5. The second-order valence-electron chi connectivity index (χ2n) is 6.53. The van der Waals surface area contributed by atoms with Crippen molar-refractivity contribution in [2.75, 3.05) is 0 Å². The molecule has 3 heterocycles. The van der Waals surface area contributed by atoms with Crippen LogP contribution in [0.4, 0.5) is 0 Å². The van der Waals surface area contributed by atoms with E-state index in [0.29, 0.717) is 5.69 Å². The Labute approximate surface area is 144 Å². The van der Waals surface area contributed by atoms with Crippen molar-refractivity contribution in [2.45, 2.75) is 33.8 Å². The summed E-state index contributed by atoms with van der Waals surface area (Å²) in [5.41, 5.74) is 5.73. The lowest BCUT2D eigenvalue weighted by molar-refractivity contribution is -0.382. The van der Waals surface area contributed by atoms with Crippen LogP contribution < -0.4 is 4.98 Å². The van der Waals surface area contributed by atoms with Crippen molar-refractivity contribution in [1.29, 1.82) is 0 Å². The molecule has 0 atom stereocenters. The van der Waals surface area contributed by atoms with Gasteiger partial charge >= 0.3 is 5.97 Å². The van der Waals surface area contributed by atoms with Gasteiger partial charge in [0.2, 0.25) is 0 Å². The molecule has 0 aliphatic rings. The predicted molar refractivity (Wildman–Crippen MR) is 95.5 cm³/mol. The first-order valence-corrected chi connectivity index (χ1v) is 8.25. The van der Waals surface area contributed by atoms with Crippen LogP contribution in [-0.4, -0.2) is 27.0 Å². The zero-order valence-electron chi connectivity index (χ0n) is 14.6. The second-order valence-corrected chi connectivity index (χ2v) is 6.53. The summed E-state index contributed by atoms with van der Waals surface area (Å²) >= 11 is 0. The van der Waals surface area contributed by atoms with Crippen molar-refractivity contribution in [3.63, 3.8) is 0 Å². The monoisotopic (exact) mass is 335 g/mol. The first kappa shape index (κ1) is 15.5. The van der Waals surface area contributed by atoms with Crippen molar-refractivity contribution in [3.8, 4) is 0 Å². The highest BCUT2D eigenvalue weighted by Crippen LogP contribution is 2.32. The van der Waals surface area contributed by atoms with Crippen molar-refractivity contribution in [2.24, 2.45) is 0 Å². The lowest BCUT2D eigenvalue weighted by atomic mass is 10.1. The minimum Gasteiger partial charge on any atom is -0.455 e. The maximum absolute atomic E-state index is 12.4. The number of pyridine rings is 1. The Morgan fingerprint density at radius 3 is 2.68 bits per heavy atom. The van der Waals surface area contributed by atoms with E-state index in [-0.39, 0.29) is 12.1 Å². The number of ether oxygens (including phenoxy) is 1. The van der Waals surface area contributed by atoms with Gasteiger partial charge in [-0.05, 0) is 39.8 Å². The first-order chi connectivity index (χ1) is 12.0. The Morgan fingerprint density at radius 2 is 1.92 bits per heavy atom. The molecule has 6 nitrogen and oxygen atoms in total. The third-order valence-electron chi connectivity index (χ3n) is 4.28. The summed E-state index contributed by atoms with van der Waals surface area (Å²) in [7, 11) is 0. The summed E-state index contributed by atoms with van der Waals surface area (Å²) < 4.78 is 5.35. The molecule has 0 amide bonds. The van der Waals surface area contributed by atoms with Crippen LogP contribution in [0.3, 0.4) is 0 Å². The maximum atomic E-state index is 12.4. The number of benzene rings is 1. The molecule has 0 unspecified atom stereocenters. The summed E-state index contributed by atoms with van der Waals surface area (Å²) in [4.78, 5) is 28.0. The zero-order chi connectivity index (χ0) is 17.7. The molecule has 0 bridgehead atoms. The van der Waals surface area contributed by atoms with Gasteiger partial charge < -0.3 is 9.72 Å². The van der Waals surface area contributed by atoms with Crippen molar-refractivity contribution in [1.82, 2.24) is 15.0 Å². The van der Waals surface area contributed by atoms with E-state index in [2.05, 4.69) is 19.9 Å². The van der Waals surface area contributed by atoms with Gasteiger partial charge in [-0.25, -0.2) is 14.8 Å². The summed E-state index contributed by atoms with van der Waals surface area (Å²) in [6.07, 6.45) is 3.39. The van der Waals surface area contributed by atoms with Crippen LogP contribution in [0.15, 0.2) is 24.5 Å². The number of nitrogens with one attached hydrogen (secondary N) is 2. The zero-order valence-corrected chi connectivity index (χ0v) is 14.6. The van der Waals surface area contributed by atoms with E-state index in [0.717, 1.165) is 44.1 Å². The predicted octanol–water partition coefficient (Wildman–Crippen LogP) is 3.26. The molecule has 2 N–H and O–H groups in total. The molecule has 25 heavy (non-hydrogen) atoms. The van der Waals surface area contributed by atoms with E-state index in [1.807, 2.05) is 39.8 Å². The van der Waals surface area contributed by atoms with Crippen LogP contribution in [0.1, 0.15) is 35.6 Å². The first-order valence-electron chi connectivity index (χ1n) is 8.25. The minimum absolute atomic E-state index is 0.174. The minimum atomic E-state index is -0.359. The quantitative estimate of drug-likeness (QED) is 0.570. The number of hydrogen-bond acceptors (Lipinski definition) is 4. The Bertz CT molecular complexity index is 1140. The number of aromatic nitrogens is 4. The average Bonchev–Trinajstić information content (AvgIpc) is 2.94. The molecule has 0 aliphatic carbocycles. The maximum Gasteiger partial charge on any atom is 0.404 e. The van der Waals surface area contributed by atoms with Crippen LogP contribution in [0.25, 0.3) is 32.8 Å². The number of nitrogens with zero attached hydrogens (tertiary/aromatic N) is 2. The van der Waals surface area contributed by atoms with Gasteiger partial charge in [-0.15, -0.1) is 0 Å². The van der Waals surface area contributed by atoms with Gasteiger partial charge in [0.15, 0.2) is 6.20 Å². The largest absolute Gasteiger partial charge is 0.455 e. The van der Waals surface area contributed by atoms with E-state index in [9.17, 15) is 4.79 Å². The molecule has 0 spiro atoms. The number of H-pyrrole nitrogens is 2. The number of aromatic amines is 2. The third-order valence-corrected chi connectivity index (χ3v) is 4.28. The second kappa shape index (κ2) is 5.51. The summed E-state index contributed by atoms with van der Waals surface area (Å²) in [6, 6.07) is 3.91. The Morgan fingerprint density at radius 1 is 1.16 bits per heavy atom. The van der Waals surface area contributed by atoms with Crippen LogP contribution in [0.5, 0.6) is 0 Å². The van der Waals surface area contributed by atoms with Crippen LogP contribution in [0, 0.1) is 13.8 Å². The highest BCUT2D eigenvalue weighted by Gasteiger charge is 2.25. The number of rotatable bonds is 2. The molecular weight excluding hydrogens is 316 g/mol. The normalized spacial score (nSPS) is 11.7. The highest BCUT2D eigenvalue weighted by molar-refractivity contribution is 6.19.